The Morgan fingerprint density at radius 2 is 1.66 bits per heavy atom. The summed E-state index contributed by atoms with van der Waals surface area (Å²) in [6.07, 6.45) is 9.07. The molecule has 10 heteroatoms. The van der Waals surface area contributed by atoms with E-state index in [9.17, 15) is 0 Å². The molecule has 0 bridgehead atoms. The van der Waals surface area contributed by atoms with Gasteiger partial charge in [-0.15, -0.1) is 6.58 Å². The summed E-state index contributed by atoms with van der Waals surface area (Å²) in [5.74, 6) is 0.0467. The van der Waals surface area contributed by atoms with Gasteiger partial charge >= 0.3 is 6.18 Å². The summed E-state index contributed by atoms with van der Waals surface area (Å²) in [4.78, 5) is 10.2. The van der Waals surface area contributed by atoms with Crippen molar-refractivity contribution in [3.63, 3.8) is 0 Å². The number of hydrogen-bond acceptors (Lipinski definition) is 6. The second-order valence-corrected chi connectivity index (χ2v) is 19.4. The molecule has 4 heterocycles. The quantitative estimate of drug-likeness (QED) is 0.109. The molecule has 1 aliphatic carbocycles. The molecule has 0 amide bonds. The molecule has 0 spiro atoms. The van der Waals surface area contributed by atoms with E-state index in [0.717, 1.165) is 115 Å². The van der Waals surface area contributed by atoms with Crippen LogP contribution >= 0.6 is 0 Å². The van der Waals surface area contributed by atoms with Crippen LogP contribution in [0, 0.1) is 12.3 Å². The first-order valence-corrected chi connectivity index (χ1v) is 24.9. The Morgan fingerprint density at radius 1 is 0.954 bits per heavy atom. The van der Waals surface area contributed by atoms with E-state index in [4.69, 9.17) is 10.7 Å². The standard InChI is InChI=1S/C51H70F3N7.2C2H6/c1-9-35(4)48-44(30-42(32-56-48)60-23-21-59(22-24-60)41-13-11-14-41)49-45(31-50(6,7)19-18-36(5)46-15-12-20-58(8)57-46)43-29-38(16-17-47(43)61(49)33-51(52,53)54)39-26-34(3)25-37(27-39)28-40(55)10-2;2*1-2/h10,16-17,25-27,29-30,32,35,40-41,46,57H,2,5,9,11-15,18-24,28,31,33,55H2,1,3-4,6-8H3;2*1-2H3/t35?,40?,46-;;/m0../s1. The highest BCUT2D eigenvalue weighted by molar-refractivity contribution is 5.95. The van der Waals surface area contributed by atoms with Gasteiger partial charge in [0.05, 0.1) is 23.3 Å². The van der Waals surface area contributed by atoms with E-state index in [1.54, 1.807) is 10.6 Å². The summed E-state index contributed by atoms with van der Waals surface area (Å²) in [6.45, 7) is 31.0. The number of hydrogen-bond donors (Lipinski definition) is 2. The number of pyridine rings is 1. The molecule has 2 aromatic heterocycles. The first-order valence-electron chi connectivity index (χ1n) is 24.9. The number of halogens is 3. The van der Waals surface area contributed by atoms with Crippen LogP contribution in [0.25, 0.3) is 33.3 Å². The van der Waals surface area contributed by atoms with Crippen LogP contribution in [-0.2, 0) is 19.4 Å². The predicted molar refractivity (Wildman–Crippen MR) is 271 cm³/mol. The largest absolute Gasteiger partial charge is 0.406 e. The predicted octanol–water partition coefficient (Wildman–Crippen LogP) is 13.0. The van der Waals surface area contributed by atoms with Crippen LogP contribution in [0.5, 0.6) is 0 Å². The van der Waals surface area contributed by atoms with Crippen molar-refractivity contribution >= 4 is 16.6 Å². The monoisotopic (exact) mass is 898 g/mol. The minimum atomic E-state index is -4.45. The molecule has 3 fully saturated rings. The highest BCUT2D eigenvalue weighted by Gasteiger charge is 2.35. The Morgan fingerprint density at radius 3 is 2.28 bits per heavy atom. The van der Waals surface area contributed by atoms with Crippen LogP contribution in [-0.4, -0.2) is 83.5 Å². The Balaban J connectivity index is 0.00000193. The number of benzene rings is 2. The molecule has 2 aliphatic heterocycles. The SMILES string of the molecule is C=CC(N)Cc1cc(C)cc(-c2ccc3c(c2)c(CC(C)(C)CCC(=C)[C@@H]2CCCN(C)N2)c(-c2cc(N4CCN(C5CCC5)CC4)cnc2C(C)CC)n3CC(F)(F)F)c1.CC.CC. The fraction of sp³-hybridized carbons (Fsp3) is 0.582. The molecular weight excluding hydrogens is 816 g/mol. The van der Waals surface area contributed by atoms with Crippen LogP contribution in [0.1, 0.15) is 135 Å². The van der Waals surface area contributed by atoms with Gasteiger partial charge in [0.25, 0.3) is 0 Å². The van der Waals surface area contributed by atoms with Gasteiger partial charge in [0.15, 0.2) is 0 Å². The number of hydrazine groups is 1. The van der Waals surface area contributed by atoms with Gasteiger partial charge in [-0.2, -0.15) is 13.2 Å². The summed E-state index contributed by atoms with van der Waals surface area (Å²) in [6, 6.07) is 15.4. The van der Waals surface area contributed by atoms with E-state index < -0.39 is 12.7 Å². The van der Waals surface area contributed by atoms with Crippen LogP contribution in [0.2, 0.25) is 0 Å². The van der Waals surface area contributed by atoms with Gasteiger partial charge in [0, 0.05) is 74.4 Å². The zero-order valence-corrected chi connectivity index (χ0v) is 41.7. The van der Waals surface area contributed by atoms with Crippen LogP contribution < -0.4 is 16.1 Å². The summed E-state index contributed by atoms with van der Waals surface area (Å²) in [5, 5.41) is 3.01. The van der Waals surface area contributed by atoms with Crippen LogP contribution in [0.4, 0.5) is 18.9 Å². The van der Waals surface area contributed by atoms with Crippen molar-refractivity contribution in [2.24, 2.45) is 11.1 Å². The van der Waals surface area contributed by atoms with Crippen LogP contribution in [0.3, 0.4) is 0 Å². The molecule has 358 valence electrons. The third-order valence-electron chi connectivity index (χ3n) is 13.9. The molecule has 1 saturated carbocycles. The van der Waals surface area contributed by atoms with Crippen molar-refractivity contribution in [2.75, 3.05) is 44.7 Å². The smallest absolute Gasteiger partial charge is 0.368 e. The number of nitrogens with two attached hydrogens (primary N) is 1. The lowest BCUT2D eigenvalue weighted by atomic mass is 9.78. The van der Waals surface area contributed by atoms with Crippen molar-refractivity contribution < 1.29 is 13.2 Å². The number of aryl methyl sites for hydroxylation is 1. The molecule has 65 heavy (non-hydrogen) atoms. The van der Waals surface area contributed by atoms with E-state index in [1.807, 2.05) is 46.0 Å². The topological polar surface area (TPSA) is 65.6 Å². The second-order valence-electron chi connectivity index (χ2n) is 19.4. The van der Waals surface area contributed by atoms with Gasteiger partial charge in [0.2, 0.25) is 0 Å². The Bertz CT molecular complexity index is 2180. The molecule has 2 aromatic carbocycles. The number of nitrogens with one attached hydrogen (secondary N) is 1. The number of piperazine rings is 1. The van der Waals surface area contributed by atoms with Crippen molar-refractivity contribution in [1.29, 1.82) is 0 Å². The number of aromatic nitrogens is 2. The minimum absolute atomic E-state index is 0.0467. The van der Waals surface area contributed by atoms with E-state index in [-0.39, 0.29) is 23.4 Å². The third kappa shape index (κ3) is 13.1. The summed E-state index contributed by atoms with van der Waals surface area (Å²) in [5.41, 5.74) is 19.9. The van der Waals surface area contributed by atoms with Crippen molar-refractivity contribution in [3.8, 4) is 22.4 Å². The fourth-order valence-corrected chi connectivity index (χ4v) is 9.91. The van der Waals surface area contributed by atoms with E-state index in [0.29, 0.717) is 30.1 Å². The molecule has 2 unspecified atom stereocenters. The number of fused-ring (bicyclic) bond motifs is 1. The summed E-state index contributed by atoms with van der Waals surface area (Å²) < 4.78 is 46.7. The summed E-state index contributed by atoms with van der Waals surface area (Å²) in [7, 11) is 2.08. The lowest BCUT2D eigenvalue weighted by Gasteiger charge is -2.43. The van der Waals surface area contributed by atoms with Crippen molar-refractivity contribution in [3.05, 3.63) is 95.9 Å². The Hall–Kier alpha value is -3.96. The lowest BCUT2D eigenvalue weighted by Crippen LogP contribution is -2.52. The van der Waals surface area contributed by atoms with Gasteiger partial charge in [-0.3, -0.25) is 9.88 Å². The average molecular weight is 898 g/mol. The number of rotatable bonds is 16. The Kier molecular flexibility index (Phi) is 18.5. The van der Waals surface area contributed by atoms with Crippen molar-refractivity contribution in [2.45, 2.75) is 163 Å². The number of nitrogens with zero attached hydrogens (tertiary/aromatic N) is 5. The maximum atomic E-state index is 15.0. The molecular formula is C55H82F3N7. The molecule has 4 aromatic rings. The zero-order valence-electron chi connectivity index (χ0n) is 41.7. The zero-order chi connectivity index (χ0) is 47.6. The van der Waals surface area contributed by atoms with E-state index >= 15 is 13.2 Å². The Labute approximate surface area is 390 Å². The molecule has 0 radical (unpaired) electrons. The van der Waals surface area contributed by atoms with Gasteiger partial charge in [-0.25, -0.2) is 10.4 Å². The lowest BCUT2D eigenvalue weighted by molar-refractivity contribution is -0.139. The maximum Gasteiger partial charge on any atom is 0.406 e. The fourth-order valence-electron chi connectivity index (χ4n) is 9.91. The highest BCUT2D eigenvalue weighted by Crippen LogP contribution is 2.45. The van der Waals surface area contributed by atoms with Gasteiger partial charge in [-0.05, 0) is 116 Å². The number of alkyl halides is 3. The summed E-state index contributed by atoms with van der Waals surface area (Å²) >= 11 is 0. The van der Waals surface area contributed by atoms with Gasteiger partial charge in [-0.1, -0.05) is 110 Å². The molecule has 3 atom stereocenters. The first kappa shape index (κ1) is 52.0. The van der Waals surface area contributed by atoms with Gasteiger partial charge < -0.3 is 15.2 Å². The first-order chi connectivity index (χ1) is 31.0. The maximum absolute atomic E-state index is 15.0. The van der Waals surface area contributed by atoms with E-state index in [1.165, 1.54) is 24.8 Å². The average Bonchev–Trinajstić information content (AvgIpc) is 3.55. The normalized spacial score (nSPS) is 18.6. The molecule has 3 N–H and O–H groups in total. The molecule has 7 nitrogen and oxygen atoms in total. The van der Waals surface area contributed by atoms with Crippen LogP contribution in [0.15, 0.2) is 73.5 Å². The number of anilines is 1. The molecule has 7 rings (SSSR count). The highest BCUT2D eigenvalue weighted by atomic mass is 19.4. The van der Waals surface area contributed by atoms with E-state index in [2.05, 4.69) is 105 Å². The van der Waals surface area contributed by atoms with Crippen molar-refractivity contribution in [1.82, 2.24) is 24.9 Å². The minimum Gasteiger partial charge on any atom is -0.368 e. The molecule has 3 aliphatic rings. The third-order valence-corrected chi connectivity index (χ3v) is 13.9. The second kappa shape index (κ2) is 23.2. The van der Waals surface area contributed by atoms with Gasteiger partial charge in [0.1, 0.15) is 6.54 Å². The molecule has 2 saturated heterocycles.